The highest BCUT2D eigenvalue weighted by molar-refractivity contribution is 5.87. The van der Waals surface area contributed by atoms with Crippen LogP contribution in [0.25, 0.3) is 11.1 Å². The van der Waals surface area contributed by atoms with Crippen LogP contribution in [0.3, 0.4) is 0 Å². The van der Waals surface area contributed by atoms with Crippen molar-refractivity contribution in [1.82, 2.24) is 4.98 Å². The molecule has 1 heterocycles. The number of pyridine rings is 1. The molecule has 0 aliphatic rings. The molecule has 0 fully saturated rings. The van der Waals surface area contributed by atoms with E-state index in [-0.39, 0.29) is 0 Å². The molecule has 0 spiro atoms. The minimum Gasteiger partial charge on any atom is -0.298 e. The van der Waals surface area contributed by atoms with E-state index in [0.717, 1.165) is 28.5 Å². The van der Waals surface area contributed by atoms with Crippen molar-refractivity contribution in [3.05, 3.63) is 53.9 Å². The second-order valence-electron chi connectivity index (χ2n) is 3.44. The molecule has 0 atom stereocenters. The summed E-state index contributed by atoms with van der Waals surface area (Å²) in [7, 11) is 0. The number of carbonyl (C=O) groups is 1. The van der Waals surface area contributed by atoms with Gasteiger partial charge >= 0.3 is 0 Å². The minimum atomic E-state index is 0.723. The summed E-state index contributed by atoms with van der Waals surface area (Å²) in [6, 6.07) is 9.66. The molecule has 0 aliphatic heterocycles. The van der Waals surface area contributed by atoms with E-state index >= 15 is 0 Å². The monoisotopic (exact) mass is 197 g/mol. The Kier molecular flexibility index (Phi) is 2.59. The Hall–Kier alpha value is -1.96. The molecule has 0 N–H and O–H groups in total. The molecule has 0 amide bonds. The molecule has 1 aromatic carbocycles. The van der Waals surface area contributed by atoms with Crippen LogP contribution in [-0.4, -0.2) is 11.3 Å². The number of benzene rings is 1. The first kappa shape index (κ1) is 9.59. The maximum atomic E-state index is 10.9. The standard InChI is InChI=1S/C13H11NO/c1-10-2-3-13(12(8-10)9-15)11-4-6-14-7-5-11/h2-9H,1H3. The smallest absolute Gasteiger partial charge is 0.150 e. The maximum absolute atomic E-state index is 10.9. The lowest BCUT2D eigenvalue weighted by Gasteiger charge is -2.05. The molecular weight excluding hydrogens is 186 g/mol. The lowest BCUT2D eigenvalue weighted by atomic mass is 9.99. The SMILES string of the molecule is Cc1ccc(-c2ccncc2)c(C=O)c1. The van der Waals surface area contributed by atoms with Crippen molar-refractivity contribution in [2.45, 2.75) is 6.92 Å². The number of hydrogen-bond acceptors (Lipinski definition) is 2. The van der Waals surface area contributed by atoms with Gasteiger partial charge in [-0.25, -0.2) is 0 Å². The Morgan fingerprint density at radius 3 is 2.53 bits per heavy atom. The third-order valence-electron chi connectivity index (χ3n) is 2.33. The van der Waals surface area contributed by atoms with Crippen molar-refractivity contribution in [2.24, 2.45) is 0 Å². The Balaban J connectivity index is 2.58. The fourth-order valence-electron chi connectivity index (χ4n) is 1.57. The predicted octanol–water partition coefficient (Wildman–Crippen LogP) is 2.87. The number of aryl methyl sites for hydroxylation is 1. The van der Waals surface area contributed by atoms with Gasteiger partial charge in [0.15, 0.2) is 6.29 Å². The van der Waals surface area contributed by atoms with E-state index in [4.69, 9.17) is 0 Å². The average molecular weight is 197 g/mol. The van der Waals surface area contributed by atoms with E-state index in [1.54, 1.807) is 12.4 Å². The summed E-state index contributed by atoms with van der Waals surface area (Å²) in [4.78, 5) is 14.9. The number of carbonyl (C=O) groups excluding carboxylic acids is 1. The molecule has 0 radical (unpaired) electrons. The summed E-state index contributed by atoms with van der Waals surface area (Å²) in [5, 5.41) is 0. The molecule has 0 bridgehead atoms. The second-order valence-corrected chi connectivity index (χ2v) is 3.44. The van der Waals surface area contributed by atoms with Gasteiger partial charge in [0.2, 0.25) is 0 Å². The van der Waals surface area contributed by atoms with Crippen LogP contribution >= 0.6 is 0 Å². The summed E-state index contributed by atoms with van der Waals surface area (Å²) in [5.74, 6) is 0. The number of aldehydes is 1. The molecular formula is C13H11NO. The van der Waals surface area contributed by atoms with Crippen LogP contribution < -0.4 is 0 Å². The van der Waals surface area contributed by atoms with Gasteiger partial charge in [-0.2, -0.15) is 0 Å². The lowest BCUT2D eigenvalue weighted by molar-refractivity contribution is 0.112. The number of hydrogen-bond donors (Lipinski definition) is 0. The molecule has 0 saturated heterocycles. The Morgan fingerprint density at radius 1 is 1.13 bits per heavy atom. The summed E-state index contributed by atoms with van der Waals surface area (Å²) in [6.07, 6.45) is 4.34. The third kappa shape index (κ3) is 1.94. The van der Waals surface area contributed by atoms with Crippen molar-refractivity contribution in [2.75, 3.05) is 0 Å². The molecule has 2 nitrogen and oxygen atoms in total. The maximum Gasteiger partial charge on any atom is 0.150 e. The second kappa shape index (κ2) is 4.05. The highest BCUT2D eigenvalue weighted by atomic mass is 16.1. The van der Waals surface area contributed by atoms with Crippen LogP contribution in [-0.2, 0) is 0 Å². The Morgan fingerprint density at radius 2 is 1.87 bits per heavy atom. The first-order valence-electron chi connectivity index (χ1n) is 4.77. The number of nitrogens with zero attached hydrogens (tertiary/aromatic N) is 1. The highest BCUT2D eigenvalue weighted by Gasteiger charge is 2.03. The number of rotatable bonds is 2. The van der Waals surface area contributed by atoms with Gasteiger partial charge in [0.05, 0.1) is 0 Å². The van der Waals surface area contributed by atoms with Gasteiger partial charge in [-0.3, -0.25) is 9.78 Å². The van der Waals surface area contributed by atoms with E-state index in [2.05, 4.69) is 4.98 Å². The topological polar surface area (TPSA) is 30.0 Å². The summed E-state index contributed by atoms with van der Waals surface area (Å²) in [5.41, 5.74) is 3.79. The number of aromatic nitrogens is 1. The van der Waals surface area contributed by atoms with Crippen LogP contribution in [0.15, 0.2) is 42.7 Å². The zero-order chi connectivity index (χ0) is 10.7. The molecule has 0 saturated carbocycles. The molecule has 74 valence electrons. The van der Waals surface area contributed by atoms with Crippen molar-refractivity contribution in [1.29, 1.82) is 0 Å². The largest absolute Gasteiger partial charge is 0.298 e. The first-order valence-corrected chi connectivity index (χ1v) is 4.77. The van der Waals surface area contributed by atoms with Gasteiger partial charge in [0.25, 0.3) is 0 Å². The molecule has 1 aromatic heterocycles. The molecule has 2 heteroatoms. The Labute approximate surface area is 88.6 Å². The summed E-state index contributed by atoms with van der Waals surface area (Å²) < 4.78 is 0. The fraction of sp³-hybridized carbons (Fsp3) is 0.0769. The van der Waals surface area contributed by atoms with Gasteiger partial charge in [0.1, 0.15) is 0 Å². The van der Waals surface area contributed by atoms with E-state index in [1.165, 1.54) is 0 Å². The minimum absolute atomic E-state index is 0.723. The van der Waals surface area contributed by atoms with Crippen LogP contribution in [0.1, 0.15) is 15.9 Å². The van der Waals surface area contributed by atoms with E-state index < -0.39 is 0 Å². The lowest BCUT2D eigenvalue weighted by Crippen LogP contribution is -1.88. The van der Waals surface area contributed by atoms with E-state index in [0.29, 0.717) is 0 Å². The van der Waals surface area contributed by atoms with Crippen LogP contribution in [0, 0.1) is 6.92 Å². The summed E-state index contributed by atoms with van der Waals surface area (Å²) >= 11 is 0. The Bertz CT molecular complexity index is 477. The van der Waals surface area contributed by atoms with E-state index in [9.17, 15) is 4.79 Å². The van der Waals surface area contributed by atoms with Crippen LogP contribution in [0.2, 0.25) is 0 Å². The zero-order valence-electron chi connectivity index (χ0n) is 8.47. The van der Waals surface area contributed by atoms with Gasteiger partial charge in [-0.05, 0) is 36.2 Å². The van der Waals surface area contributed by atoms with Crippen molar-refractivity contribution >= 4 is 6.29 Å². The molecule has 2 rings (SSSR count). The van der Waals surface area contributed by atoms with Crippen LogP contribution in [0.4, 0.5) is 0 Å². The van der Waals surface area contributed by atoms with Gasteiger partial charge in [-0.15, -0.1) is 0 Å². The first-order chi connectivity index (χ1) is 7.31. The molecule has 15 heavy (non-hydrogen) atoms. The third-order valence-corrected chi connectivity index (χ3v) is 2.33. The van der Waals surface area contributed by atoms with Gasteiger partial charge < -0.3 is 0 Å². The molecule has 0 aliphatic carbocycles. The van der Waals surface area contributed by atoms with Crippen molar-refractivity contribution < 1.29 is 4.79 Å². The molecule has 0 unspecified atom stereocenters. The normalized spacial score (nSPS) is 9.93. The van der Waals surface area contributed by atoms with Crippen molar-refractivity contribution in [3.63, 3.8) is 0 Å². The predicted molar refractivity (Wildman–Crippen MR) is 59.8 cm³/mol. The average Bonchev–Trinajstić information content (AvgIpc) is 2.30. The van der Waals surface area contributed by atoms with Crippen LogP contribution in [0.5, 0.6) is 0 Å². The zero-order valence-corrected chi connectivity index (χ0v) is 8.47. The van der Waals surface area contributed by atoms with E-state index in [1.807, 2.05) is 37.3 Å². The quantitative estimate of drug-likeness (QED) is 0.693. The fourth-order valence-corrected chi connectivity index (χ4v) is 1.57. The van der Waals surface area contributed by atoms with Crippen molar-refractivity contribution in [3.8, 4) is 11.1 Å². The highest BCUT2D eigenvalue weighted by Crippen LogP contribution is 2.22. The van der Waals surface area contributed by atoms with Gasteiger partial charge in [-0.1, -0.05) is 17.7 Å². The van der Waals surface area contributed by atoms with Gasteiger partial charge in [0, 0.05) is 18.0 Å². The molecule has 2 aromatic rings. The summed E-state index contributed by atoms with van der Waals surface area (Å²) in [6.45, 7) is 1.98.